The lowest BCUT2D eigenvalue weighted by Gasteiger charge is -2.25. The van der Waals surface area contributed by atoms with Crippen molar-refractivity contribution in [2.24, 2.45) is 10.9 Å². The first kappa shape index (κ1) is 14.2. The van der Waals surface area contributed by atoms with Crippen LogP contribution < -0.4 is 0 Å². The third-order valence-electron chi connectivity index (χ3n) is 3.83. The van der Waals surface area contributed by atoms with Gasteiger partial charge in [-0.25, -0.2) is 0 Å². The zero-order chi connectivity index (χ0) is 15.7. The summed E-state index contributed by atoms with van der Waals surface area (Å²) < 4.78 is 0. The van der Waals surface area contributed by atoms with Gasteiger partial charge in [0.05, 0.1) is 40.9 Å². The summed E-state index contributed by atoms with van der Waals surface area (Å²) >= 11 is 1.56. The highest BCUT2D eigenvalue weighted by Crippen LogP contribution is 2.41. The number of aromatic nitrogens is 2. The monoisotopic (exact) mass is 307 g/mol. The first-order valence-electron chi connectivity index (χ1n) is 6.79. The summed E-state index contributed by atoms with van der Waals surface area (Å²) in [6.07, 6.45) is 1.70. The highest BCUT2D eigenvalue weighted by atomic mass is 32.1. The third-order valence-corrected chi connectivity index (χ3v) is 4.84. The van der Waals surface area contributed by atoms with E-state index in [1.54, 1.807) is 17.5 Å². The Hall–Kier alpha value is -2.70. The fourth-order valence-corrected chi connectivity index (χ4v) is 3.78. The van der Waals surface area contributed by atoms with Crippen molar-refractivity contribution >= 4 is 17.0 Å². The number of allylic oxidation sites excluding steroid dienone is 2. The van der Waals surface area contributed by atoms with Gasteiger partial charge in [-0.15, -0.1) is 11.3 Å². The van der Waals surface area contributed by atoms with Crippen molar-refractivity contribution in [2.75, 3.05) is 0 Å². The van der Waals surface area contributed by atoms with E-state index in [-0.39, 0.29) is 5.92 Å². The number of nitriles is 2. The zero-order valence-corrected chi connectivity index (χ0v) is 13.0. The summed E-state index contributed by atoms with van der Waals surface area (Å²) in [7, 11) is 0. The summed E-state index contributed by atoms with van der Waals surface area (Å²) in [6.45, 7) is 3.67. The van der Waals surface area contributed by atoms with Crippen LogP contribution in [0.1, 0.15) is 24.6 Å². The second-order valence-electron chi connectivity index (χ2n) is 5.16. The smallest absolute Gasteiger partial charge is 0.0973 e. The highest BCUT2D eigenvalue weighted by molar-refractivity contribution is 7.10. The van der Waals surface area contributed by atoms with Gasteiger partial charge >= 0.3 is 0 Å². The molecule has 6 heteroatoms. The van der Waals surface area contributed by atoms with Crippen LogP contribution in [0.3, 0.4) is 0 Å². The Morgan fingerprint density at radius 2 is 2.14 bits per heavy atom. The lowest BCUT2D eigenvalue weighted by atomic mass is 9.80. The molecule has 3 heterocycles. The number of nitrogens with one attached hydrogen (secondary N) is 1. The molecule has 1 aliphatic rings. The predicted octanol–water partition coefficient (Wildman–Crippen LogP) is 3.63. The van der Waals surface area contributed by atoms with Crippen molar-refractivity contribution in [2.45, 2.75) is 19.8 Å². The quantitative estimate of drug-likeness (QED) is 0.918. The van der Waals surface area contributed by atoms with Gasteiger partial charge in [0.25, 0.3) is 0 Å². The summed E-state index contributed by atoms with van der Waals surface area (Å²) in [6, 6.07) is 8.46. The van der Waals surface area contributed by atoms with Gasteiger partial charge in [0.15, 0.2) is 0 Å². The van der Waals surface area contributed by atoms with Crippen LogP contribution in [0.5, 0.6) is 0 Å². The molecule has 1 aliphatic heterocycles. The van der Waals surface area contributed by atoms with Crippen LogP contribution in [0.2, 0.25) is 0 Å². The maximum Gasteiger partial charge on any atom is 0.0973 e. The van der Waals surface area contributed by atoms with Crippen LogP contribution in [0.15, 0.2) is 40.0 Å². The summed E-state index contributed by atoms with van der Waals surface area (Å²) in [5.74, 6) is -0.638. The Morgan fingerprint density at radius 1 is 1.32 bits per heavy atom. The molecule has 0 spiro atoms. The molecule has 5 nitrogen and oxygen atoms in total. The summed E-state index contributed by atoms with van der Waals surface area (Å²) in [5, 5.41) is 27.9. The molecule has 2 atom stereocenters. The summed E-state index contributed by atoms with van der Waals surface area (Å²) in [4.78, 5) is 5.36. The number of rotatable bonds is 2. The van der Waals surface area contributed by atoms with Gasteiger partial charge in [0.1, 0.15) is 0 Å². The number of aromatic amines is 1. The van der Waals surface area contributed by atoms with E-state index < -0.39 is 5.92 Å². The van der Waals surface area contributed by atoms with E-state index in [1.165, 1.54) is 0 Å². The predicted molar refractivity (Wildman–Crippen MR) is 85.2 cm³/mol. The van der Waals surface area contributed by atoms with Crippen LogP contribution in [-0.2, 0) is 0 Å². The van der Waals surface area contributed by atoms with Crippen molar-refractivity contribution in [3.63, 3.8) is 0 Å². The molecule has 0 aromatic carbocycles. The Kier molecular flexibility index (Phi) is 3.62. The molecule has 0 saturated carbocycles. The topological polar surface area (TPSA) is 88.6 Å². The maximum absolute atomic E-state index is 9.51. The highest BCUT2D eigenvalue weighted by Gasteiger charge is 2.34. The van der Waals surface area contributed by atoms with Gasteiger partial charge in [-0.3, -0.25) is 10.1 Å². The zero-order valence-electron chi connectivity index (χ0n) is 12.2. The number of aliphatic imine (C=N–C) groups is 1. The molecule has 0 amide bonds. The van der Waals surface area contributed by atoms with Crippen LogP contribution in [0.4, 0.5) is 0 Å². The standard InChI is InChI=1S/C16H13N5S/c1-9-12(6-17)16(13(7-18)10(2)20-9)15-5-11(8-22-15)14-3-4-19-21-14/h3-5,8,12,16H,1-2H3,(H,19,21). The number of nitrogens with zero attached hydrogens (tertiary/aromatic N) is 4. The van der Waals surface area contributed by atoms with E-state index in [0.717, 1.165) is 21.8 Å². The molecule has 108 valence electrons. The lowest BCUT2D eigenvalue weighted by molar-refractivity contribution is 0.715. The lowest BCUT2D eigenvalue weighted by Crippen LogP contribution is -2.24. The molecular formula is C16H13N5S. The third kappa shape index (κ3) is 2.24. The number of thiophene rings is 1. The molecule has 2 unspecified atom stereocenters. The Morgan fingerprint density at radius 3 is 2.77 bits per heavy atom. The molecular weight excluding hydrogens is 294 g/mol. The molecule has 1 N–H and O–H groups in total. The average molecular weight is 307 g/mol. The second kappa shape index (κ2) is 5.59. The Labute approximate surface area is 132 Å². The fourth-order valence-electron chi connectivity index (χ4n) is 2.73. The van der Waals surface area contributed by atoms with Gasteiger partial charge in [-0.05, 0) is 26.0 Å². The minimum Gasteiger partial charge on any atom is -0.278 e. The minimum absolute atomic E-state index is 0.242. The Bertz CT molecular complexity index is 842. The number of hydrogen-bond donors (Lipinski definition) is 1. The van der Waals surface area contributed by atoms with Gasteiger partial charge < -0.3 is 0 Å². The molecule has 0 saturated heterocycles. The van der Waals surface area contributed by atoms with Crippen LogP contribution in [0, 0.1) is 28.6 Å². The largest absolute Gasteiger partial charge is 0.278 e. The van der Waals surface area contributed by atoms with Crippen LogP contribution in [-0.4, -0.2) is 15.9 Å². The van der Waals surface area contributed by atoms with Crippen molar-refractivity contribution in [1.82, 2.24) is 10.2 Å². The van der Waals surface area contributed by atoms with Gasteiger partial charge in [0.2, 0.25) is 0 Å². The molecule has 2 aromatic heterocycles. The van der Waals surface area contributed by atoms with Crippen LogP contribution >= 0.6 is 11.3 Å². The molecule has 2 aromatic rings. The van der Waals surface area contributed by atoms with E-state index in [9.17, 15) is 10.5 Å². The number of hydrogen-bond acceptors (Lipinski definition) is 5. The first-order valence-corrected chi connectivity index (χ1v) is 7.67. The molecule has 3 rings (SSSR count). The molecule has 22 heavy (non-hydrogen) atoms. The van der Waals surface area contributed by atoms with E-state index in [4.69, 9.17) is 0 Å². The molecule has 0 bridgehead atoms. The van der Waals surface area contributed by atoms with Gasteiger partial charge in [-0.1, -0.05) is 0 Å². The first-order chi connectivity index (χ1) is 10.7. The Balaban J connectivity index is 2.08. The van der Waals surface area contributed by atoms with E-state index >= 15 is 0 Å². The van der Waals surface area contributed by atoms with Crippen LogP contribution in [0.25, 0.3) is 11.3 Å². The van der Waals surface area contributed by atoms with E-state index in [2.05, 4.69) is 27.3 Å². The van der Waals surface area contributed by atoms with E-state index in [0.29, 0.717) is 11.3 Å². The SMILES string of the molecule is CC1=NC(C)=C(C#N)C(c2cc(-c3ccn[nH]3)cs2)C1C#N. The normalized spacial score (nSPS) is 21.2. The minimum atomic E-state index is -0.397. The van der Waals surface area contributed by atoms with Crippen molar-refractivity contribution in [3.8, 4) is 23.4 Å². The maximum atomic E-state index is 9.51. The van der Waals surface area contributed by atoms with Gasteiger partial charge in [-0.2, -0.15) is 15.6 Å². The molecule has 0 radical (unpaired) electrons. The molecule has 0 fully saturated rings. The fraction of sp³-hybridized carbons (Fsp3) is 0.250. The van der Waals surface area contributed by atoms with Crippen molar-refractivity contribution < 1.29 is 0 Å². The summed E-state index contributed by atoms with van der Waals surface area (Å²) in [5.41, 5.74) is 3.99. The van der Waals surface area contributed by atoms with E-state index in [1.807, 2.05) is 31.4 Å². The number of H-pyrrole nitrogens is 1. The van der Waals surface area contributed by atoms with Gasteiger partial charge in [0, 0.05) is 27.7 Å². The van der Waals surface area contributed by atoms with Crippen molar-refractivity contribution in [1.29, 1.82) is 10.5 Å². The van der Waals surface area contributed by atoms with Crippen molar-refractivity contribution in [3.05, 3.63) is 39.9 Å². The second-order valence-corrected chi connectivity index (χ2v) is 6.10. The molecule has 0 aliphatic carbocycles. The average Bonchev–Trinajstić information content (AvgIpc) is 3.17.